The Morgan fingerprint density at radius 1 is 1.28 bits per heavy atom. The molecule has 2 aromatic rings. The fraction of sp³-hybridized carbons (Fsp3) is 0.400. The molecule has 0 aliphatic rings. The molecule has 1 heterocycles. The van der Waals surface area contributed by atoms with Gasteiger partial charge in [-0.05, 0) is 25.8 Å². The SMILES string of the molecule is CCCn1nc(-c2cccc(C)c2)c(CC)c1O. The van der Waals surface area contributed by atoms with Crippen molar-refractivity contribution in [3.05, 3.63) is 35.4 Å². The molecule has 1 aromatic carbocycles. The summed E-state index contributed by atoms with van der Waals surface area (Å²) in [4.78, 5) is 0. The Morgan fingerprint density at radius 3 is 2.67 bits per heavy atom. The van der Waals surface area contributed by atoms with Crippen molar-refractivity contribution in [2.75, 3.05) is 0 Å². The van der Waals surface area contributed by atoms with Gasteiger partial charge in [0.15, 0.2) is 0 Å². The zero-order chi connectivity index (χ0) is 13.1. The number of hydrogen-bond acceptors (Lipinski definition) is 2. The monoisotopic (exact) mass is 244 g/mol. The second-order valence-corrected chi connectivity index (χ2v) is 4.60. The maximum absolute atomic E-state index is 10.2. The zero-order valence-corrected chi connectivity index (χ0v) is 11.3. The lowest BCUT2D eigenvalue weighted by Crippen LogP contribution is -1.98. The van der Waals surface area contributed by atoms with Gasteiger partial charge in [-0.25, -0.2) is 4.68 Å². The summed E-state index contributed by atoms with van der Waals surface area (Å²) in [6.07, 6.45) is 1.75. The molecule has 0 radical (unpaired) electrons. The van der Waals surface area contributed by atoms with E-state index < -0.39 is 0 Å². The maximum atomic E-state index is 10.2. The van der Waals surface area contributed by atoms with E-state index in [9.17, 15) is 5.11 Å². The normalized spacial score (nSPS) is 10.8. The third-order valence-corrected chi connectivity index (χ3v) is 3.10. The zero-order valence-electron chi connectivity index (χ0n) is 11.3. The Bertz CT molecular complexity index is 543. The van der Waals surface area contributed by atoms with Crippen LogP contribution in [0.5, 0.6) is 5.88 Å². The van der Waals surface area contributed by atoms with Crippen LogP contribution in [0.3, 0.4) is 0 Å². The van der Waals surface area contributed by atoms with Crippen molar-refractivity contribution in [3.8, 4) is 17.1 Å². The van der Waals surface area contributed by atoms with Gasteiger partial charge in [0.2, 0.25) is 5.88 Å². The maximum Gasteiger partial charge on any atom is 0.213 e. The van der Waals surface area contributed by atoms with E-state index in [0.717, 1.165) is 36.2 Å². The van der Waals surface area contributed by atoms with Crippen LogP contribution in [0.2, 0.25) is 0 Å². The fourth-order valence-corrected chi connectivity index (χ4v) is 2.21. The van der Waals surface area contributed by atoms with Gasteiger partial charge in [0.1, 0.15) is 0 Å². The number of aromatic nitrogens is 2. The first-order valence-electron chi connectivity index (χ1n) is 6.53. The average Bonchev–Trinajstić information content (AvgIpc) is 2.67. The summed E-state index contributed by atoms with van der Waals surface area (Å²) >= 11 is 0. The van der Waals surface area contributed by atoms with Crippen LogP contribution in [0.1, 0.15) is 31.4 Å². The molecular formula is C15H20N2O. The van der Waals surface area contributed by atoms with E-state index in [1.54, 1.807) is 4.68 Å². The van der Waals surface area contributed by atoms with Crippen LogP contribution in [0.15, 0.2) is 24.3 Å². The number of aromatic hydroxyl groups is 1. The number of hydrogen-bond donors (Lipinski definition) is 1. The largest absolute Gasteiger partial charge is 0.493 e. The van der Waals surface area contributed by atoms with Crippen molar-refractivity contribution in [1.29, 1.82) is 0 Å². The van der Waals surface area contributed by atoms with E-state index in [1.807, 2.05) is 19.1 Å². The minimum atomic E-state index is 0.316. The molecule has 0 atom stereocenters. The Balaban J connectivity index is 2.53. The van der Waals surface area contributed by atoms with E-state index in [2.05, 4.69) is 31.1 Å². The van der Waals surface area contributed by atoms with Crippen LogP contribution >= 0.6 is 0 Å². The molecule has 0 spiro atoms. The summed E-state index contributed by atoms with van der Waals surface area (Å²) in [6.45, 7) is 6.95. The van der Waals surface area contributed by atoms with Gasteiger partial charge < -0.3 is 5.11 Å². The Hall–Kier alpha value is -1.77. The summed E-state index contributed by atoms with van der Waals surface area (Å²) in [5.41, 5.74) is 4.14. The second-order valence-electron chi connectivity index (χ2n) is 4.60. The van der Waals surface area contributed by atoms with Gasteiger partial charge in [-0.15, -0.1) is 0 Å². The minimum absolute atomic E-state index is 0.316. The highest BCUT2D eigenvalue weighted by molar-refractivity contribution is 5.66. The molecule has 18 heavy (non-hydrogen) atoms. The predicted molar refractivity (Wildman–Crippen MR) is 73.7 cm³/mol. The first kappa shape index (κ1) is 12.7. The molecular weight excluding hydrogens is 224 g/mol. The highest BCUT2D eigenvalue weighted by Crippen LogP contribution is 2.30. The molecule has 0 aliphatic carbocycles. The predicted octanol–water partition coefficient (Wildman–Crippen LogP) is 3.54. The van der Waals surface area contributed by atoms with Gasteiger partial charge >= 0.3 is 0 Å². The van der Waals surface area contributed by atoms with Crippen molar-refractivity contribution in [2.24, 2.45) is 0 Å². The van der Waals surface area contributed by atoms with Crippen molar-refractivity contribution >= 4 is 0 Å². The van der Waals surface area contributed by atoms with E-state index >= 15 is 0 Å². The molecule has 0 aliphatic heterocycles. The summed E-state index contributed by atoms with van der Waals surface area (Å²) in [6, 6.07) is 8.25. The highest BCUT2D eigenvalue weighted by atomic mass is 16.3. The summed E-state index contributed by atoms with van der Waals surface area (Å²) in [7, 11) is 0. The molecule has 1 aromatic heterocycles. The van der Waals surface area contributed by atoms with E-state index in [4.69, 9.17) is 0 Å². The highest BCUT2D eigenvalue weighted by Gasteiger charge is 2.16. The molecule has 0 bridgehead atoms. The molecule has 0 amide bonds. The number of nitrogens with zero attached hydrogens (tertiary/aromatic N) is 2. The van der Waals surface area contributed by atoms with E-state index in [0.29, 0.717) is 5.88 Å². The van der Waals surface area contributed by atoms with Gasteiger partial charge in [-0.2, -0.15) is 5.10 Å². The molecule has 3 heteroatoms. The quantitative estimate of drug-likeness (QED) is 0.893. The second kappa shape index (κ2) is 5.25. The Morgan fingerprint density at radius 2 is 2.06 bits per heavy atom. The van der Waals surface area contributed by atoms with Gasteiger partial charge in [0.05, 0.1) is 5.69 Å². The van der Waals surface area contributed by atoms with Crippen LogP contribution < -0.4 is 0 Å². The lowest BCUT2D eigenvalue weighted by atomic mass is 10.0. The van der Waals surface area contributed by atoms with Crippen molar-refractivity contribution < 1.29 is 5.11 Å². The summed E-state index contributed by atoms with van der Waals surface area (Å²) < 4.78 is 1.70. The van der Waals surface area contributed by atoms with Crippen LogP contribution in [0.25, 0.3) is 11.3 Å². The van der Waals surface area contributed by atoms with Crippen molar-refractivity contribution in [3.63, 3.8) is 0 Å². The van der Waals surface area contributed by atoms with E-state index in [1.165, 1.54) is 5.56 Å². The van der Waals surface area contributed by atoms with Crippen LogP contribution in [-0.4, -0.2) is 14.9 Å². The Labute approximate surface area is 108 Å². The fourth-order valence-electron chi connectivity index (χ4n) is 2.21. The minimum Gasteiger partial charge on any atom is -0.493 e. The smallest absolute Gasteiger partial charge is 0.213 e. The molecule has 96 valence electrons. The molecule has 0 saturated carbocycles. The molecule has 0 saturated heterocycles. The van der Waals surface area contributed by atoms with Gasteiger partial charge in [-0.1, -0.05) is 37.6 Å². The molecule has 1 N–H and O–H groups in total. The van der Waals surface area contributed by atoms with Crippen LogP contribution in [-0.2, 0) is 13.0 Å². The van der Waals surface area contributed by atoms with E-state index in [-0.39, 0.29) is 0 Å². The number of aryl methyl sites for hydroxylation is 2. The first-order valence-corrected chi connectivity index (χ1v) is 6.53. The van der Waals surface area contributed by atoms with Gasteiger partial charge in [0, 0.05) is 17.7 Å². The van der Waals surface area contributed by atoms with Crippen molar-refractivity contribution in [1.82, 2.24) is 9.78 Å². The van der Waals surface area contributed by atoms with Gasteiger partial charge in [0.25, 0.3) is 0 Å². The summed E-state index contributed by atoms with van der Waals surface area (Å²) in [5, 5.41) is 14.7. The average molecular weight is 244 g/mol. The molecule has 0 fully saturated rings. The molecule has 0 unspecified atom stereocenters. The van der Waals surface area contributed by atoms with Crippen LogP contribution in [0, 0.1) is 6.92 Å². The standard InChI is InChI=1S/C15H20N2O/c1-4-9-17-15(18)13(5-2)14(16-17)12-8-6-7-11(3)10-12/h6-8,10,18H,4-5,9H2,1-3H3. The van der Waals surface area contributed by atoms with Crippen LogP contribution in [0.4, 0.5) is 0 Å². The number of benzene rings is 1. The molecule has 2 rings (SSSR count). The molecule has 3 nitrogen and oxygen atoms in total. The topological polar surface area (TPSA) is 38.0 Å². The first-order chi connectivity index (χ1) is 8.67. The third kappa shape index (κ3) is 2.26. The lowest BCUT2D eigenvalue weighted by Gasteiger charge is -2.01. The third-order valence-electron chi connectivity index (χ3n) is 3.10. The van der Waals surface area contributed by atoms with Crippen molar-refractivity contribution in [2.45, 2.75) is 40.2 Å². The lowest BCUT2D eigenvalue weighted by molar-refractivity contribution is 0.393. The van der Waals surface area contributed by atoms with Gasteiger partial charge in [-0.3, -0.25) is 0 Å². The number of rotatable bonds is 4. The Kier molecular flexibility index (Phi) is 3.70. The summed E-state index contributed by atoms with van der Waals surface area (Å²) in [5.74, 6) is 0.316.